The van der Waals surface area contributed by atoms with Crippen LogP contribution in [0.2, 0.25) is 5.02 Å². The van der Waals surface area contributed by atoms with Gasteiger partial charge in [-0.1, -0.05) is 24.4 Å². The van der Waals surface area contributed by atoms with E-state index in [1.807, 2.05) is 22.8 Å². The Kier molecular flexibility index (Phi) is 9.23. The number of benzene rings is 1. The maximum absolute atomic E-state index is 12.7. The van der Waals surface area contributed by atoms with Crippen LogP contribution in [-0.2, 0) is 9.59 Å². The normalized spacial score (nSPS) is 18.0. The van der Waals surface area contributed by atoms with Crippen molar-refractivity contribution in [3.05, 3.63) is 28.8 Å². The molecule has 0 saturated carbocycles. The first-order chi connectivity index (χ1) is 15.5. The summed E-state index contributed by atoms with van der Waals surface area (Å²) in [5.41, 5.74) is 0.772. The molecule has 0 bridgehead atoms. The van der Waals surface area contributed by atoms with Crippen molar-refractivity contribution >= 4 is 29.5 Å². The number of carbonyl (C=O) groups is 2. The first kappa shape index (κ1) is 24.4. The van der Waals surface area contributed by atoms with Gasteiger partial charge in [-0.15, -0.1) is 0 Å². The van der Waals surface area contributed by atoms with Crippen LogP contribution in [0.5, 0.6) is 11.5 Å². The number of hydrogen-bond acceptors (Lipinski definition) is 5. The summed E-state index contributed by atoms with van der Waals surface area (Å²) in [6.07, 6.45) is 7.94. The van der Waals surface area contributed by atoms with Gasteiger partial charge in [-0.3, -0.25) is 14.5 Å². The van der Waals surface area contributed by atoms with Crippen LogP contribution >= 0.6 is 11.6 Å². The van der Waals surface area contributed by atoms with Gasteiger partial charge in [0.25, 0.3) is 0 Å². The summed E-state index contributed by atoms with van der Waals surface area (Å²) < 4.78 is 10.9. The SMILES string of the molecule is CCOc1cc(C=CC(=O)N2CCN(CC(=O)N3CCCCCC3)CC2)cc(Cl)c1OC. The van der Waals surface area contributed by atoms with Crippen LogP contribution in [-0.4, -0.2) is 86.0 Å². The Morgan fingerprint density at radius 2 is 1.69 bits per heavy atom. The number of ether oxygens (including phenoxy) is 2. The van der Waals surface area contributed by atoms with Gasteiger partial charge in [0.1, 0.15) is 0 Å². The van der Waals surface area contributed by atoms with Crippen molar-refractivity contribution in [3.63, 3.8) is 0 Å². The van der Waals surface area contributed by atoms with Gasteiger partial charge in [0.05, 0.1) is 25.3 Å². The van der Waals surface area contributed by atoms with E-state index in [0.717, 1.165) is 31.5 Å². The molecule has 32 heavy (non-hydrogen) atoms. The smallest absolute Gasteiger partial charge is 0.246 e. The third-order valence-electron chi connectivity index (χ3n) is 5.96. The molecule has 2 amide bonds. The van der Waals surface area contributed by atoms with Crippen LogP contribution in [0.1, 0.15) is 38.2 Å². The Bertz CT molecular complexity index is 814. The lowest BCUT2D eigenvalue weighted by atomic mass is 10.1. The fourth-order valence-electron chi connectivity index (χ4n) is 4.16. The number of nitrogens with zero attached hydrogens (tertiary/aromatic N) is 3. The highest BCUT2D eigenvalue weighted by Gasteiger charge is 2.23. The molecule has 1 aromatic carbocycles. The minimum absolute atomic E-state index is 0.0478. The maximum atomic E-state index is 12.7. The molecule has 0 radical (unpaired) electrons. The Balaban J connectivity index is 1.51. The first-order valence-corrected chi connectivity index (χ1v) is 11.9. The molecule has 0 unspecified atom stereocenters. The van der Waals surface area contributed by atoms with Crippen LogP contribution in [0.25, 0.3) is 6.08 Å². The van der Waals surface area contributed by atoms with Crippen LogP contribution < -0.4 is 9.47 Å². The third-order valence-corrected chi connectivity index (χ3v) is 6.24. The number of carbonyl (C=O) groups excluding carboxylic acids is 2. The molecule has 2 aliphatic heterocycles. The van der Waals surface area contributed by atoms with Crippen molar-refractivity contribution in [1.29, 1.82) is 0 Å². The molecule has 0 aliphatic carbocycles. The number of amides is 2. The molecule has 1 aromatic rings. The molecule has 0 aromatic heterocycles. The van der Waals surface area contributed by atoms with E-state index in [-0.39, 0.29) is 11.8 Å². The van der Waals surface area contributed by atoms with Gasteiger partial charge in [-0.2, -0.15) is 0 Å². The summed E-state index contributed by atoms with van der Waals surface area (Å²) in [5.74, 6) is 1.21. The minimum Gasteiger partial charge on any atom is -0.491 e. The lowest BCUT2D eigenvalue weighted by molar-refractivity contribution is -0.133. The van der Waals surface area contributed by atoms with E-state index in [9.17, 15) is 9.59 Å². The van der Waals surface area contributed by atoms with Gasteiger partial charge in [-0.05, 0) is 43.5 Å². The van der Waals surface area contributed by atoms with Crippen molar-refractivity contribution in [1.82, 2.24) is 14.7 Å². The molecular formula is C24H34ClN3O4. The first-order valence-electron chi connectivity index (χ1n) is 11.5. The lowest BCUT2D eigenvalue weighted by Crippen LogP contribution is -2.51. The highest BCUT2D eigenvalue weighted by molar-refractivity contribution is 6.32. The molecule has 176 valence electrons. The quantitative estimate of drug-likeness (QED) is 0.580. The van der Waals surface area contributed by atoms with Gasteiger partial charge in [0, 0.05) is 45.3 Å². The van der Waals surface area contributed by atoms with Gasteiger partial charge in [0.2, 0.25) is 11.8 Å². The van der Waals surface area contributed by atoms with E-state index in [1.165, 1.54) is 12.8 Å². The zero-order valence-electron chi connectivity index (χ0n) is 19.1. The molecule has 2 aliphatic rings. The maximum Gasteiger partial charge on any atom is 0.246 e. The number of hydrogen-bond donors (Lipinski definition) is 0. The minimum atomic E-state index is -0.0478. The summed E-state index contributed by atoms with van der Waals surface area (Å²) in [5, 5.41) is 0.438. The molecule has 2 heterocycles. The Labute approximate surface area is 195 Å². The molecule has 2 fully saturated rings. The molecule has 2 saturated heterocycles. The molecule has 0 atom stereocenters. The average Bonchev–Trinajstić information content (AvgIpc) is 3.08. The van der Waals surface area contributed by atoms with Crippen molar-refractivity contribution in [2.24, 2.45) is 0 Å². The third kappa shape index (κ3) is 6.62. The van der Waals surface area contributed by atoms with Gasteiger partial charge in [-0.25, -0.2) is 0 Å². The van der Waals surface area contributed by atoms with E-state index in [1.54, 1.807) is 25.3 Å². The van der Waals surface area contributed by atoms with Gasteiger partial charge in [0.15, 0.2) is 11.5 Å². The van der Waals surface area contributed by atoms with Crippen LogP contribution in [0, 0.1) is 0 Å². The summed E-state index contributed by atoms with van der Waals surface area (Å²) >= 11 is 6.29. The zero-order valence-corrected chi connectivity index (χ0v) is 19.9. The number of likely N-dealkylation sites (tertiary alicyclic amines) is 1. The summed E-state index contributed by atoms with van der Waals surface area (Å²) in [6, 6.07) is 3.56. The molecule has 7 nitrogen and oxygen atoms in total. The Morgan fingerprint density at radius 1 is 1.00 bits per heavy atom. The topological polar surface area (TPSA) is 62.3 Å². The Morgan fingerprint density at radius 3 is 2.31 bits per heavy atom. The lowest BCUT2D eigenvalue weighted by Gasteiger charge is -2.34. The summed E-state index contributed by atoms with van der Waals surface area (Å²) in [7, 11) is 1.55. The van der Waals surface area contributed by atoms with Crippen molar-refractivity contribution < 1.29 is 19.1 Å². The second kappa shape index (κ2) is 12.1. The van der Waals surface area contributed by atoms with Crippen molar-refractivity contribution in [3.8, 4) is 11.5 Å². The molecule has 3 rings (SSSR count). The van der Waals surface area contributed by atoms with Crippen LogP contribution in [0.4, 0.5) is 0 Å². The van der Waals surface area contributed by atoms with E-state index in [4.69, 9.17) is 21.1 Å². The van der Waals surface area contributed by atoms with Crippen molar-refractivity contribution in [2.45, 2.75) is 32.6 Å². The monoisotopic (exact) mass is 463 g/mol. The van der Waals surface area contributed by atoms with Crippen molar-refractivity contribution in [2.75, 3.05) is 59.5 Å². The zero-order chi connectivity index (χ0) is 22.9. The van der Waals surface area contributed by atoms with E-state index < -0.39 is 0 Å². The highest BCUT2D eigenvalue weighted by atomic mass is 35.5. The fourth-order valence-corrected chi connectivity index (χ4v) is 4.45. The number of piperazine rings is 1. The van der Waals surface area contributed by atoms with Gasteiger partial charge < -0.3 is 19.3 Å². The number of rotatable bonds is 7. The largest absolute Gasteiger partial charge is 0.491 e. The molecule has 0 spiro atoms. The average molecular weight is 464 g/mol. The second-order valence-corrected chi connectivity index (χ2v) is 8.60. The Hall–Kier alpha value is -2.25. The van der Waals surface area contributed by atoms with E-state index in [0.29, 0.717) is 55.9 Å². The standard InChI is InChI=1S/C24H34ClN3O4/c1-3-32-21-17-19(16-20(25)24(21)31-2)8-9-22(29)28-14-12-26(13-15-28)18-23(30)27-10-6-4-5-7-11-27/h8-9,16-17H,3-7,10-15,18H2,1-2H3. The van der Waals surface area contributed by atoms with Crippen LogP contribution in [0.15, 0.2) is 18.2 Å². The van der Waals surface area contributed by atoms with E-state index in [2.05, 4.69) is 4.90 Å². The molecule has 0 N–H and O–H groups in total. The van der Waals surface area contributed by atoms with Crippen LogP contribution in [0.3, 0.4) is 0 Å². The molecule has 8 heteroatoms. The molecular weight excluding hydrogens is 430 g/mol. The number of halogens is 1. The predicted octanol–water partition coefficient (Wildman–Crippen LogP) is 3.31. The number of methoxy groups -OCH3 is 1. The summed E-state index contributed by atoms with van der Waals surface area (Å²) in [6.45, 7) is 7.23. The van der Waals surface area contributed by atoms with Gasteiger partial charge >= 0.3 is 0 Å². The summed E-state index contributed by atoms with van der Waals surface area (Å²) in [4.78, 5) is 31.2. The van der Waals surface area contributed by atoms with E-state index >= 15 is 0 Å². The highest BCUT2D eigenvalue weighted by Crippen LogP contribution is 2.36. The fraction of sp³-hybridized carbons (Fsp3) is 0.583. The predicted molar refractivity (Wildman–Crippen MR) is 126 cm³/mol. The second-order valence-electron chi connectivity index (χ2n) is 8.20.